The van der Waals surface area contributed by atoms with Crippen LogP contribution in [0, 0.1) is 5.82 Å². The third-order valence-electron chi connectivity index (χ3n) is 2.47. The third kappa shape index (κ3) is 2.82. The van der Waals surface area contributed by atoms with Gasteiger partial charge in [0.15, 0.2) is 9.84 Å². The number of aromatic carboxylic acids is 1. The van der Waals surface area contributed by atoms with Crippen LogP contribution in [0.1, 0.15) is 16.1 Å². The zero-order valence-electron chi connectivity index (χ0n) is 9.54. The summed E-state index contributed by atoms with van der Waals surface area (Å²) in [6.45, 7) is 0. The average molecular weight is 284 g/mol. The molecule has 5 nitrogen and oxygen atoms in total. The molecule has 0 fully saturated rings. The lowest BCUT2D eigenvalue weighted by Crippen LogP contribution is -2.08. The number of carbonyl (C=O) groups is 1. The summed E-state index contributed by atoms with van der Waals surface area (Å²) in [6, 6.07) is 5.46. The first-order valence-electron chi connectivity index (χ1n) is 5.18. The number of halogens is 1. The van der Waals surface area contributed by atoms with E-state index in [1.165, 1.54) is 6.07 Å². The van der Waals surface area contributed by atoms with Gasteiger partial charge in [0.2, 0.25) is 0 Å². The van der Waals surface area contributed by atoms with Crippen molar-refractivity contribution < 1.29 is 27.1 Å². The maximum atomic E-state index is 12.7. The fourth-order valence-electron chi connectivity index (χ4n) is 1.54. The number of carboxylic acid groups (broad SMARTS) is 1. The van der Waals surface area contributed by atoms with Gasteiger partial charge in [-0.2, -0.15) is 0 Å². The molecule has 1 aromatic carbocycles. The van der Waals surface area contributed by atoms with Gasteiger partial charge in [-0.15, -0.1) is 0 Å². The molecule has 1 aromatic heterocycles. The highest BCUT2D eigenvalue weighted by Crippen LogP contribution is 2.20. The van der Waals surface area contributed by atoms with E-state index in [1.54, 1.807) is 0 Å². The van der Waals surface area contributed by atoms with Crippen LogP contribution >= 0.6 is 0 Å². The molecular formula is C12H9FO5S. The summed E-state index contributed by atoms with van der Waals surface area (Å²) in [5, 5.41) is 8.85. The molecule has 0 bridgehead atoms. The zero-order valence-corrected chi connectivity index (χ0v) is 10.4. The number of hydrogen-bond donors (Lipinski definition) is 1. The molecule has 0 saturated carbocycles. The van der Waals surface area contributed by atoms with Gasteiger partial charge in [-0.25, -0.2) is 17.6 Å². The maximum absolute atomic E-state index is 12.7. The Labute approximate surface area is 108 Å². The first-order valence-corrected chi connectivity index (χ1v) is 6.83. The van der Waals surface area contributed by atoms with E-state index < -0.39 is 27.4 Å². The Morgan fingerprint density at radius 1 is 1.21 bits per heavy atom. The van der Waals surface area contributed by atoms with Crippen LogP contribution in [0.4, 0.5) is 4.39 Å². The first kappa shape index (κ1) is 13.3. The van der Waals surface area contributed by atoms with E-state index in [4.69, 9.17) is 9.52 Å². The molecule has 100 valence electrons. The smallest absolute Gasteiger partial charge is 0.339 e. The normalized spacial score (nSPS) is 11.4. The lowest BCUT2D eigenvalue weighted by atomic mass is 10.3. The van der Waals surface area contributed by atoms with E-state index >= 15 is 0 Å². The largest absolute Gasteiger partial charge is 0.478 e. The lowest BCUT2D eigenvalue weighted by molar-refractivity contribution is 0.0695. The molecule has 0 radical (unpaired) electrons. The summed E-state index contributed by atoms with van der Waals surface area (Å²) in [7, 11) is -3.78. The Morgan fingerprint density at radius 3 is 2.42 bits per heavy atom. The van der Waals surface area contributed by atoms with Gasteiger partial charge in [-0.05, 0) is 30.3 Å². The van der Waals surface area contributed by atoms with Crippen molar-refractivity contribution in [1.82, 2.24) is 0 Å². The highest BCUT2D eigenvalue weighted by atomic mass is 32.2. The Bertz CT molecular complexity index is 700. The Hall–Kier alpha value is -2.15. The number of hydrogen-bond acceptors (Lipinski definition) is 4. The molecule has 1 N–H and O–H groups in total. The highest BCUT2D eigenvalue weighted by Gasteiger charge is 2.22. The van der Waals surface area contributed by atoms with Crippen LogP contribution in [0.3, 0.4) is 0 Å². The van der Waals surface area contributed by atoms with E-state index in [0.717, 1.165) is 30.5 Å². The number of furan rings is 1. The number of rotatable bonds is 4. The van der Waals surface area contributed by atoms with Crippen LogP contribution in [0.15, 0.2) is 45.9 Å². The zero-order chi connectivity index (χ0) is 14.0. The van der Waals surface area contributed by atoms with Crippen LogP contribution < -0.4 is 0 Å². The maximum Gasteiger partial charge on any atom is 0.339 e. The second-order valence-electron chi connectivity index (χ2n) is 3.78. The van der Waals surface area contributed by atoms with Crippen LogP contribution in [0.5, 0.6) is 0 Å². The third-order valence-corrected chi connectivity index (χ3v) is 4.10. The van der Waals surface area contributed by atoms with Crippen molar-refractivity contribution in [2.45, 2.75) is 10.6 Å². The summed E-state index contributed by atoms with van der Waals surface area (Å²) in [4.78, 5) is 10.7. The van der Waals surface area contributed by atoms with Crippen molar-refractivity contribution in [3.05, 3.63) is 53.7 Å². The van der Waals surface area contributed by atoms with Crippen LogP contribution in [0.25, 0.3) is 0 Å². The SMILES string of the molecule is O=C(O)c1ccoc1CS(=O)(=O)c1ccc(F)cc1. The quantitative estimate of drug-likeness (QED) is 0.869. The van der Waals surface area contributed by atoms with Crippen LogP contribution in [0.2, 0.25) is 0 Å². The van der Waals surface area contributed by atoms with Gasteiger partial charge >= 0.3 is 5.97 Å². The molecule has 0 atom stereocenters. The number of sulfone groups is 1. The van der Waals surface area contributed by atoms with Crippen molar-refractivity contribution in [2.75, 3.05) is 0 Å². The van der Waals surface area contributed by atoms with E-state index in [1.807, 2.05) is 0 Å². The Kier molecular flexibility index (Phi) is 3.39. The monoisotopic (exact) mass is 284 g/mol. The van der Waals surface area contributed by atoms with Crippen molar-refractivity contribution in [3.8, 4) is 0 Å². The van der Waals surface area contributed by atoms with E-state index in [2.05, 4.69) is 0 Å². The standard InChI is InChI=1S/C12H9FO5S/c13-8-1-3-9(4-2-8)19(16,17)7-11-10(12(14)15)5-6-18-11/h1-6H,7H2,(H,14,15). The topological polar surface area (TPSA) is 84.6 Å². The van der Waals surface area contributed by atoms with Crippen molar-refractivity contribution in [1.29, 1.82) is 0 Å². The first-order chi connectivity index (χ1) is 8.90. The second-order valence-corrected chi connectivity index (χ2v) is 5.77. The molecule has 0 aliphatic carbocycles. The van der Waals surface area contributed by atoms with Crippen molar-refractivity contribution in [3.63, 3.8) is 0 Å². The predicted molar refractivity (Wildman–Crippen MR) is 63.0 cm³/mol. The minimum atomic E-state index is -3.78. The fourth-order valence-corrected chi connectivity index (χ4v) is 2.83. The molecule has 0 aliphatic rings. The molecule has 0 aliphatic heterocycles. The summed E-state index contributed by atoms with van der Waals surface area (Å²) in [5.41, 5.74) is -0.203. The molecule has 0 unspecified atom stereocenters. The second kappa shape index (κ2) is 4.85. The molecule has 1 heterocycles. The molecule has 2 aromatic rings. The summed E-state index contributed by atoms with van der Waals surface area (Å²) in [6.07, 6.45) is 1.11. The Balaban J connectivity index is 2.34. The molecule has 0 spiro atoms. The van der Waals surface area contributed by atoms with E-state index in [0.29, 0.717) is 0 Å². The average Bonchev–Trinajstić information content (AvgIpc) is 2.77. The Morgan fingerprint density at radius 2 is 1.84 bits per heavy atom. The van der Waals surface area contributed by atoms with Crippen molar-refractivity contribution in [2.24, 2.45) is 0 Å². The highest BCUT2D eigenvalue weighted by molar-refractivity contribution is 7.90. The van der Waals surface area contributed by atoms with Gasteiger partial charge in [0.05, 0.1) is 11.2 Å². The van der Waals surface area contributed by atoms with Gasteiger partial charge in [-0.3, -0.25) is 0 Å². The van der Waals surface area contributed by atoms with Gasteiger partial charge in [-0.1, -0.05) is 0 Å². The predicted octanol–water partition coefficient (Wildman–Crippen LogP) is 2.09. The van der Waals surface area contributed by atoms with Gasteiger partial charge in [0.1, 0.15) is 22.9 Å². The fraction of sp³-hybridized carbons (Fsp3) is 0.0833. The van der Waals surface area contributed by atoms with Gasteiger partial charge in [0, 0.05) is 0 Å². The minimum absolute atomic E-state index is 0.0957. The lowest BCUT2D eigenvalue weighted by Gasteiger charge is -2.03. The summed E-state index contributed by atoms with van der Waals surface area (Å²) < 4.78 is 41.6. The van der Waals surface area contributed by atoms with Gasteiger partial charge < -0.3 is 9.52 Å². The summed E-state index contributed by atoms with van der Waals surface area (Å²) >= 11 is 0. The van der Waals surface area contributed by atoms with E-state index in [-0.39, 0.29) is 16.2 Å². The molecular weight excluding hydrogens is 275 g/mol. The molecule has 7 heteroatoms. The number of benzene rings is 1. The van der Waals surface area contributed by atoms with Crippen LogP contribution in [-0.4, -0.2) is 19.5 Å². The van der Waals surface area contributed by atoms with E-state index in [9.17, 15) is 17.6 Å². The molecule has 0 amide bonds. The molecule has 2 rings (SSSR count). The summed E-state index contributed by atoms with van der Waals surface area (Å²) in [5.74, 6) is -2.56. The minimum Gasteiger partial charge on any atom is -0.478 e. The molecule has 0 saturated heterocycles. The van der Waals surface area contributed by atoms with Gasteiger partial charge in [0.25, 0.3) is 0 Å². The van der Waals surface area contributed by atoms with Crippen LogP contribution in [-0.2, 0) is 15.6 Å². The number of carboxylic acids is 1. The van der Waals surface area contributed by atoms with Crippen molar-refractivity contribution >= 4 is 15.8 Å². The molecule has 19 heavy (non-hydrogen) atoms.